The van der Waals surface area contributed by atoms with Gasteiger partial charge in [-0.05, 0) is 47.6 Å². The van der Waals surface area contributed by atoms with Crippen molar-refractivity contribution in [1.29, 1.82) is 0 Å². The SMILES string of the molecule is CC1C(=NN2C(=O)CNC2=S)CC(c2ccc(F)cc2)NC1c1ccc(F)cc1. The Labute approximate surface area is 172 Å². The average Bonchev–Trinajstić information content (AvgIpc) is 3.03. The van der Waals surface area contributed by atoms with Gasteiger partial charge in [0.15, 0.2) is 5.11 Å². The van der Waals surface area contributed by atoms with Crippen LogP contribution in [-0.4, -0.2) is 28.3 Å². The van der Waals surface area contributed by atoms with E-state index in [2.05, 4.69) is 15.7 Å². The zero-order valence-corrected chi connectivity index (χ0v) is 16.5. The normalized spacial score (nSPS) is 26.1. The van der Waals surface area contributed by atoms with Gasteiger partial charge in [-0.1, -0.05) is 31.2 Å². The fraction of sp³-hybridized carbons (Fsp3) is 0.286. The molecule has 3 unspecified atom stereocenters. The second kappa shape index (κ2) is 7.96. The van der Waals surface area contributed by atoms with Crippen molar-refractivity contribution < 1.29 is 13.6 Å². The maximum atomic E-state index is 13.4. The molecule has 0 aromatic heterocycles. The maximum absolute atomic E-state index is 13.4. The Hall–Kier alpha value is -2.71. The summed E-state index contributed by atoms with van der Waals surface area (Å²) in [5.41, 5.74) is 2.62. The molecule has 5 nitrogen and oxygen atoms in total. The summed E-state index contributed by atoms with van der Waals surface area (Å²) < 4.78 is 26.8. The topological polar surface area (TPSA) is 56.7 Å². The van der Waals surface area contributed by atoms with Crippen LogP contribution in [0.1, 0.15) is 36.6 Å². The second-order valence-corrected chi connectivity index (χ2v) is 7.64. The molecular weight excluding hydrogens is 394 g/mol. The van der Waals surface area contributed by atoms with Crippen molar-refractivity contribution in [3.05, 3.63) is 71.3 Å². The number of halogens is 2. The summed E-state index contributed by atoms with van der Waals surface area (Å²) in [7, 11) is 0. The van der Waals surface area contributed by atoms with Crippen LogP contribution in [0, 0.1) is 17.6 Å². The molecule has 2 heterocycles. The minimum absolute atomic E-state index is 0.0617. The van der Waals surface area contributed by atoms with Gasteiger partial charge in [-0.2, -0.15) is 10.1 Å². The maximum Gasteiger partial charge on any atom is 0.268 e. The number of amides is 1. The molecule has 0 aliphatic carbocycles. The molecule has 0 bridgehead atoms. The van der Waals surface area contributed by atoms with Crippen LogP contribution in [0.3, 0.4) is 0 Å². The average molecular weight is 414 g/mol. The van der Waals surface area contributed by atoms with Crippen LogP contribution in [-0.2, 0) is 4.79 Å². The number of rotatable bonds is 3. The molecule has 150 valence electrons. The molecule has 0 spiro atoms. The van der Waals surface area contributed by atoms with Gasteiger partial charge in [-0.15, -0.1) is 0 Å². The Balaban J connectivity index is 1.71. The minimum Gasteiger partial charge on any atom is -0.352 e. The van der Waals surface area contributed by atoms with Crippen LogP contribution in [0.4, 0.5) is 8.78 Å². The Morgan fingerprint density at radius 1 is 1.03 bits per heavy atom. The number of hydrazone groups is 1. The molecule has 2 N–H and O–H groups in total. The lowest BCUT2D eigenvalue weighted by molar-refractivity contribution is -0.124. The van der Waals surface area contributed by atoms with Gasteiger partial charge in [-0.25, -0.2) is 8.78 Å². The summed E-state index contributed by atoms with van der Waals surface area (Å²) in [5.74, 6) is -0.875. The van der Waals surface area contributed by atoms with Gasteiger partial charge < -0.3 is 10.6 Å². The number of carbonyl (C=O) groups excluding carboxylic acids is 1. The molecule has 0 radical (unpaired) electrons. The largest absolute Gasteiger partial charge is 0.352 e. The molecule has 1 amide bonds. The van der Waals surface area contributed by atoms with E-state index in [1.54, 1.807) is 24.3 Å². The number of thiocarbonyl (C=S) groups is 1. The highest BCUT2D eigenvalue weighted by Gasteiger charge is 2.35. The summed E-state index contributed by atoms with van der Waals surface area (Å²) >= 11 is 5.19. The van der Waals surface area contributed by atoms with Crippen molar-refractivity contribution in [1.82, 2.24) is 15.6 Å². The molecular formula is C21H20F2N4OS. The van der Waals surface area contributed by atoms with E-state index in [-0.39, 0.29) is 47.2 Å². The highest BCUT2D eigenvalue weighted by atomic mass is 32.1. The molecule has 2 aromatic rings. The van der Waals surface area contributed by atoms with E-state index >= 15 is 0 Å². The molecule has 29 heavy (non-hydrogen) atoms. The molecule has 8 heteroatoms. The highest BCUT2D eigenvalue weighted by Crippen LogP contribution is 2.36. The van der Waals surface area contributed by atoms with Crippen molar-refractivity contribution in [3.8, 4) is 0 Å². The van der Waals surface area contributed by atoms with Gasteiger partial charge in [0.05, 0.1) is 6.54 Å². The lowest BCUT2D eigenvalue weighted by Crippen LogP contribution is -2.42. The van der Waals surface area contributed by atoms with Crippen LogP contribution >= 0.6 is 12.2 Å². The van der Waals surface area contributed by atoms with Crippen molar-refractivity contribution in [3.63, 3.8) is 0 Å². The van der Waals surface area contributed by atoms with Crippen molar-refractivity contribution in [2.45, 2.75) is 25.4 Å². The number of piperidine rings is 1. The number of hydrogen-bond acceptors (Lipinski definition) is 4. The summed E-state index contributed by atoms with van der Waals surface area (Å²) in [6.07, 6.45) is 0.539. The van der Waals surface area contributed by atoms with Crippen LogP contribution in [0.15, 0.2) is 53.6 Å². The smallest absolute Gasteiger partial charge is 0.268 e. The Morgan fingerprint density at radius 3 is 2.17 bits per heavy atom. The second-order valence-electron chi connectivity index (χ2n) is 7.25. The monoisotopic (exact) mass is 414 g/mol. The zero-order valence-electron chi connectivity index (χ0n) is 15.7. The first-order chi connectivity index (χ1) is 13.9. The molecule has 2 aliphatic rings. The quantitative estimate of drug-likeness (QED) is 0.756. The van der Waals surface area contributed by atoms with Crippen LogP contribution < -0.4 is 10.6 Å². The number of nitrogens with zero attached hydrogens (tertiary/aromatic N) is 2. The van der Waals surface area contributed by atoms with E-state index in [0.29, 0.717) is 6.42 Å². The molecule has 2 aromatic carbocycles. The first-order valence-corrected chi connectivity index (χ1v) is 9.78. The molecule has 4 rings (SSSR count). The summed E-state index contributed by atoms with van der Waals surface area (Å²) in [5, 5.41) is 12.5. The van der Waals surface area contributed by atoms with E-state index in [1.807, 2.05) is 6.92 Å². The third-order valence-electron chi connectivity index (χ3n) is 5.37. The van der Waals surface area contributed by atoms with Gasteiger partial charge in [-0.3, -0.25) is 4.79 Å². The minimum atomic E-state index is -0.305. The number of benzene rings is 2. The van der Waals surface area contributed by atoms with E-state index < -0.39 is 0 Å². The van der Waals surface area contributed by atoms with Crippen LogP contribution in [0.2, 0.25) is 0 Å². The molecule has 2 aliphatic heterocycles. The fourth-order valence-corrected chi connectivity index (χ4v) is 3.96. The Morgan fingerprint density at radius 2 is 1.62 bits per heavy atom. The lowest BCUT2D eigenvalue weighted by Gasteiger charge is -2.38. The predicted molar refractivity (Wildman–Crippen MR) is 110 cm³/mol. The lowest BCUT2D eigenvalue weighted by atomic mass is 9.81. The summed E-state index contributed by atoms with van der Waals surface area (Å²) in [4.78, 5) is 12.1. The van der Waals surface area contributed by atoms with Crippen LogP contribution in [0.5, 0.6) is 0 Å². The van der Waals surface area contributed by atoms with Crippen molar-refractivity contribution >= 4 is 28.9 Å². The molecule has 2 fully saturated rings. The van der Waals surface area contributed by atoms with E-state index in [4.69, 9.17) is 12.2 Å². The van der Waals surface area contributed by atoms with Gasteiger partial charge in [0.1, 0.15) is 11.6 Å². The van der Waals surface area contributed by atoms with E-state index in [1.165, 1.54) is 29.3 Å². The standard InChI is InChI=1S/C21H20F2N4OS/c1-12-17(26-27-19(28)11-24-21(27)29)10-18(13-2-6-15(22)7-3-13)25-20(12)14-4-8-16(23)9-5-14/h2-9,12,18,20,25H,10-11H2,1H3,(H,24,29). The first-order valence-electron chi connectivity index (χ1n) is 9.37. The fourth-order valence-electron chi connectivity index (χ4n) is 3.75. The predicted octanol–water partition coefficient (Wildman–Crippen LogP) is 3.45. The highest BCUT2D eigenvalue weighted by molar-refractivity contribution is 7.80. The third kappa shape index (κ3) is 4.04. The molecule has 0 saturated carbocycles. The van der Waals surface area contributed by atoms with Crippen molar-refractivity contribution in [2.24, 2.45) is 11.0 Å². The van der Waals surface area contributed by atoms with E-state index in [9.17, 15) is 13.6 Å². The first kappa shape index (κ1) is 19.6. The van der Waals surface area contributed by atoms with Gasteiger partial charge in [0.25, 0.3) is 5.91 Å². The summed E-state index contributed by atoms with van der Waals surface area (Å²) in [6, 6.07) is 12.3. The Bertz CT molecular complexity index is 946. The van der Waals surface area contributed by atoms with Gasteiger partial charge in [0.2, 0.25) is 0 Å². The molecule has 3 atom stereocenters. The number of nitrogens with one attached hydrogen (secondary N) is 2. The van der Waals surface area contributed by atoms with Gasteiger partial charge >= 0.3 is 0 Å². The van der Waals surface area contributed by atoms with Crippen LogP contribution in [0.25, 0.3) is 0 Å². The van der Waals surface area contributed by atoms with Gasteiger partial charge in [0, 0.05) is 30.1 Å². The summed E-state index contributed by atoms with van der Waals surface area (Å²) in [6.45, 7) is 2.14. The zero-order chi connectivity index (χ0) is 20.5. The molecule has 2 saturated heterocycles. The Kier molecular flexibility index (Phi) is 5.38. The third-order valence-corrected chi connectivity index (χ3v) is 5.69. The number of hydrogen-bond donors (Lipinski definition) is 2. The number of carbonyl (C=O) groups is 1. The van der Waals surface area contributed by atoms with E-state index in [0.717, 1.165) is 16.8 Å². The van der Waals surface area contributed by atoms with Crippen molar-refractivity contribution in [2.75, 3.05) is 6.54 Å².